The van der Waals surface area contributed by atoms with Gasteiger partial charge in [0, 0.05) is 33.3 Å². The Morgan fingerprint density at radius 1 is 1.28 bits per heavy atom. The quantitative estimate of drug-likeness (QED) is 0.691. The predicted molar refractivity (Wildman–Crippen MR) is 110 cm³/mol. The van der Waals surface area contributed by atoms with Crippen LogP contribution in [0.1, 0.15) is 33.8 Å². The number of aromatic nitrogens is 1. The van der Waals surface area contributed by atoms with Gasteiger partial charge in [-0.25, -0.2) is 4.39 Å². The number of amides is 3. The van der Waals surface area contributed by atoms with E-state index in [0.29, 0.717) is 29.9 Å². The Morgan fingerprint density at radius 2 is 2.09 bits per heavy atom. The molecule has 2 aliphatic rings. The number of methoxy groups -OCH3 is 1. The number of carbonyl (C=O) groups is 3. The molecule has 9 nitrogen and oxygen atoms in total. The van der Waals surface area contributed by atoms with Crippen molar-refractivity contribution in [2.24, 2.45) is 0 Å². The summed E-state index contributed by atoms with van der Waals surface area (Å²) in [6.45, 7) is 2.84. The molecule has 0 saturated carbocycles. The fourth-order valence-corrected chi connectivity index (χ4v) is 4.24. The van der Waals surface area contributed by atoms with Crippen LogP contribution < -0.4 is 0 Å². The summed E-state index contributed by atoms with van der Waals surface area (Å²) in [4.78, 5) is 43.6. The number of rotatable bonds is 5. The molecule has 0 N–H and O–H groups in total. The molecule has 10 heteroatoms. The highest BCUT2D eigenvalue weighted by molar-refractivity contribution is 5.96. The Balaban J connectivity index is 1.48. The normalized spacial score (nSPS) is 19.2. The topological polar surface area (TPSA) is 96.2 Å². The van der Waals surface area contributed by atoms with E-state index in [-0.39, 0.29) is 62.0 Å². The second-order valence-electron chi connectivity index (χ2n) is 8.01. The zero-order chi connectivity index (χ0) is 22.8. The molecule has 0 spiro atoms. The van der Waals surface area contributed by atoms with Gasteiger partial charge in [-0.3, -0.25) is 14.4 Å². The molecule has 2 fully saturated rings. The molecule has 3 heterocycles. The summed E-state index contributed by atoms with van der Waals surface area (Å²) in [7, 11) is 1.53. The molecule has 1 unspecified atom stereocenters. The summed E-state index contributed by atoms with van der Waals surface area (Å²) in [5, 5.41) is 3.89. The van der Waals surface area contributed by atoms with Crippen molar-refractivity contribution in [2.75, 3.05) is 33.3 Å². The van der Waals surface area contributed by atoms with Gasteiger partial charge in [0.25, 0.3) is 5.91 Å². The molecular formula is C22H25FN4O5. The van der Waals surface area contributed by atoms with Crippen LogP contribution in [0.2, 0.25) is 0 Å². The minimum Gasteiger partial charge on any atom is -0.380 e. The molecule has 2 saturated heterocycles. The lowest BCUT2D eigenvalue weighted by Crippen LogP contribution is -2.59. The van der Waals surface area contributed by atoms with Crippen LogP contribution in [-0.2, 0) is 27.5 Å². The minimum atomic E-state index is -0.653. The third-order valence-electron chi connectivity index (χ3n) is 5.93. The first kappa shape index (κ1) is 21.9. The number of piperazine rings is 1. The number of ether oxygens (including phenoxy) is 1. The van der Waals surface area contributed by atoms with Gasteiger partial charge in [-0.15, -0.1) is 0 Å². The molecular weight excluding hydrogens is 419 g/mol. The van der Waals surface area contributed by atoms with E-state index in [1.165, 1.54) is 24.1 Å². The predicted octanol–water partition coefficient (Wildman–Crippen LogP) is 1.35. The van der Waals surface area contributed by atoms with E-state index >= 15 is 0 Å². The summed E-state index contributed by atoms with van der Waals surface area (Å²) in [5.41, 5.74) is 1.40. The van der Waals surface area contributed by atoms with Crippen molar-refractivity contribution in [3.63, 3.8) is 0 Å². The summed E-state index contributed by atoms with van der Waals surface area (Å²) >= 11 is 0. The monoisotopic (exact) mass is 444 g/mol. The van der Waals surface area contributed by atoms with Crippen molar-refractivity contribution < 1.29 is 28.0 Å². The number of benzene rings is 1. The SMILES string of the molecule is COCc1c(C(=O)N2CCC3C(=O)N(Cc4cccc(F)c4)CC(=O)N3CC2)noc1C. The van der Waals surface area contributed by atoms with Gasteiger partial charge in [-0.2, -0.15) is 0 Å². The zero-order valence-corrected chi connectivity index (χ0v) is 18.0. The van der Waals surface area contributed by atoms with Gasteiger partial charge in [-0.1, -0.05) is 17.3 Å². The fraction of sp³-hybridized carbons (Fsp3) is 0.455. The summed E-state index contributed by atoms with van der Waals surface area (Å²) < 4.78 is 23.8. The maximum Gasteiger partial charge on any atom is 0.276 e. The zero-order valence-electron chi connectivity index (χ0n) is 18.0. The molecule has 4 rings (SSSR count). The molecule has 0 radical (unpaired) electrons. The highest BCUT2D eigenvalue weighted by Crippen LogP contribution is 2.23. The van der Waals surface area contributed by atoms with Crippen LogP contribution in [0.3, 0.4) is 0 Å². The summed E-state index contributed by atoms with van der Waals surface area (Å²) in [6.07, 6.45) is 0.312. The number of fused-ring (bicyclic) bond motifs is 1. The van der Waals surface area contributed by atoms with Gasteiger partial charge in [-0.05, 0) is 31.0 Å². The molecule has 0 bridgehead atoms. The largest absolute Gasteiger partial charge is 0.380 e. The van der Waals surface area contributed by atoms with Gasteiger partial charge in [0.15, 0.2) is 5.69 Å². The van der Waals surface area contributed by atoms with Crippen molar-refractivity contribution in [1.82, 2.24) is 19.9 Å². The Labute approximate surface area is 184 Å². The molecule has 2 aromatic rings. The molecule has 1 atom stereocenters. The number of aryl methyl sites for hydroxylation is 1. The molecule has 2 aliphatic heterocycles. The number of hydrogen-bond acceptors (Lipinski definition) is 6. The Kier molecular flexibility index (Phi) is 6.22. The first-order valence-electron chi connectivity index (χ1n) is 10.4. The molecule has 170 valence electrons. The van der Waals surface area contributed by atoms with E-state index in [2.05, 4.69) is 5.16 Å². The number of nitrogens with zero attached hydrogens (tertiary/aromatic N) is 4. The summed E-state index contributed by atoms with van der Waals surface area (Å²) in [5.74, 6) is -0.566. The van der Waals surface area contributed by atoms with Gasteiger partial charge in [0.2, 0.25) is 11.8 Å². The lowest BCUT2D eigenvalue weighted by Gasteiger charge is -2.39. The molecule has 0 aliphatic carbocycles. The van der Waals surface area contributed by atoms with Crippen molar-refractivity contribution in [1.29, 1.82) is 0 Å². The van der Waals surface area contributed by atoms with Crippen LogP contribution in [0.15, 0.2) is 28.8 Å². The molecule has 3 amide bonds. The molecule has 1 aromatic heterocycles. The van der Waals surface area contributed by atoms with Crippen LogP contribution >= 0.6 is 0 Å². The highest BCUT2D eigenvalue weighted by Gasteiger charge is 2.41. The third kappa shape index (κ3) is 4.22. The first-order chi connectivity index (χ1) is 15.4. The second-order valence-corrected chi connectivity index (χ2v) is 8.01. The minimum absolute atomic E-state index is 0.0692. The van der Waals surface area contributed by atoms with E-state index in [1.54, 1.807) is 28.9 Å². The third-order valence-corrected chi connectivity index (χ3v) is 5.93. The van der Waals surface area contributed by atoms with Crippen LogP contribution in [0.5, 0.6) is 0 Å². The van der Waals surface area contributed by atoms with E-state index < -0.39 is 6.04 Å². The Hall–Kier alpha value is -3.27. The average molecular weight is 444 g/mol. The van der Waals surface area contributed by atoms with Crippen LogP contribution in [0.25, 0.3) is 0 Å². The average Bonchev–Trinajstić information content (AvgIpc) is 2.98. The van der Waals surface area contributed by atoms with Crippen molar-refractivity contribution in [3.8, 4) is 0 Å². The van der Waals surface area contributed by atoms with E-state index in [1.807, 2.05) is 0 Å². The van der Waals surface area contributed by atoms with Gasteiger partial charge in [0.05, 0.1) is 12.2 Å². The summed E-state index contributed by atoms with van der Waals surface area (Å²) in [6, 6.07) is 5.33. The lowest BCUT2D eigenvalue weighted by atomic mass is 10.1. The smallest absolute Gasteiger partial charge is 0.276 e. The van der Waals surface area contributed by atoms with Crippen LogP contribution in [-0.4, -0.2) is 76.9 Å². The van der Waals surface area contributed by atoms with E-state index in [9.17, 15) is 18.8 Å². The van der Waals surface area contributed by atoms with Crippen molar-refractivity contribution in [3.05, 3.63) is 52.7 Å². The van der Waals surface area contributed by atoms with Gasteiger partial charge >= 0.3 is 0 Å². The standard InChI is InChI=1S/C22H25FN4O5/c1-14-17(13-31-2)20(24-32-14)22(30)25-7-6-18-21(29)26(12-19(28)27(18)9-8-25)11-15-4-3-5-16(23)10-15/h3-5,10,18H,6-9,11-13H2,1-2H3. The second kappa shape index (κ2) is 9.07. The Bertz CT molecular complexity index is 1040. The van der Waals surface area contributed by atoms with Crippen molar-refractivity contribution in [2.45, 2.75) is 32.5 Å². The number of halogens is 1. The van der Waals surface area contributed by atoms with Crippen LogP contribution in [0, 0.1) is 12.7 Å². The Morgan fingerprint density at radius 3 is 2.84 bits per heavy atom. The lowest BCUT2D eigenvalue weighted by molar-refractivity contribution is -0.156. The van der Waals surface area contributed by atoms with E-state index in [4.69, 9.17) is 9.26 Å². The first-order valence-corrected chi connectivity index (χ1v) is 10.4. The maximum absolute atomic E-state index is 13.5. The molecule has 32 heavy (non-hydrogen) atoms. The van der Waals surface area contributed by atoms with Gasteiger partial charge in [0.1, 0.15) is 24.2 Å². The van der Waals surface area contributed by atoms with Crippen molar-refractivity contribution >= 4 is 17.7 Å². The molecule has 1 aromatic carbocycles. The number of carbonyl (C=O) groups excluding carboxylic acids is 3. The van der Waals surface area contributed by atoms with Gasteiger partial charge < -0.3 is 24.0 Å². The fourth-order valence-electron chi connectivity index (χ4n) is 4.24. The van der Waals surface area contributed by atoms with Crippen LogP contribution in [0.4, 0.5) is 4.39 Å². The highest BCUT2D eigenvalue weighted by atomic mass is 19.1. The maximum atomic E-state index is 13.5. The number of hydrogen-bond donors (Lipinski definition) is 0. The van der Waals surface area contributed by atoms with E-state index in [0.717, 1.165) is 0 Å².